The van der Waals surface area contributed by atoms with Gasteiger partial charge in [0.1, 0.15) is 0 Å². The van der Waals surface area contributed by atoms with Crippen molar-refractivity contribution in [3.63, 3.8) is 0 Å². The molecule has 0 N–H and O–H groups in total. The second kappa shape index (κ2) is 12.0. The number of nitrogens with zero attached hydrogens (tertiary/aromatic N) is 2. The van der Waals surface area contributed by atoms with Crippen LogP contribution in [0.15, 0.2) is 192 Å². The Morgan fingerprint density at radius 2 is 1.15 bits per heavy atom. The predicted molar refractivity (Wildman–Crippen MR) is 220 cm³/mol. The van der Waals surface area contributed by atoms with E-state index in [9.17, 15) is 0 Å². The molecule has 0 fully saturated rings. The van der Waals surface area contributed by atoms with E-state index in [0.717, 1.165) is 11.4 Å². The third-order valence-electron chi connectivity index (χ3n) is 10.8. The SMILES string of the molecule is CC1(C)c2ccccc2-c2ccc(N(c3ccc(-c4ccc5c(c4)Sc4ccccc4N5c4ccccc4)cc3)c3cccc4ccccc34)cc21. The average molecular weight is 685 g/mol. The van der Waals surface area contributed by atoms with E-state index >= 15 is 0 Å². The molecular weight excluding hydrogens is 649 g/mol. The van der Waals surface area contributed by atoms with Gasteiger partial charge in [-0.25, -0.2) is 0 Å². The van der Waals surface area contributed by atoms with Crippen molar-refractivity contribution in [2.45, 2.75) is 29.1 Å². The van der Waals surface area contributed by atoms with Crippen molar-refractivity contribution in [1.82, 2.24) is 0 Å². The van der Waals surface area contributed by atoms with Gasteiger partial charge in [0.05, 0.1) is 17.1 Å². The fourth-order valence-electron chi connectivity index (χ4n) is 8.26. The first-order valence-electron chi connectivity index (χ1n) is 17.9. The molecule has 0 spiro atoms. The molecule has 2 nitrogen and oxygen atoms in total. The lowest BCUT2D eigenvalue weighted by atomic mass is 9.82. The van der Waals surface area contributed by atoms with Gasteiger partial charge in [-0.2, -0.15) is 0 Å². The van der Waals surface area contributed by atoms with Crippen LogP contribution in [0.4, 0.5) is 34.1 Å². The van der Waals surface area contributed by atoms with Crippen LogP contribution in [0.3, 0.4) is 0 Å². The first kappa shape index (κ1) is 30.8. The zero-order valence-electron chi connectivity index (χ0n) is 29.1. The molecule has 0 saturated carbocycles. The topological polar surface area (TPSA) is 6.48 Å². The average Bonchev–Trinajstić information content (AvgIpc) is 3.43. The maximum absolute atomic E-state index is 2.43. The van der Waals surface area contributed by atoms with Gasteiger partial charge in [0.15, 0.2) is 0 Å². The Morgan fingerprint density at radius 3 is 2.04 bits per heavy atom. The first-order chi connectivity index (χ1) is 25.5. The normalized spacial score (nSPS) is 13.6. The molecule has 248 valence electrons. The van der Waals surface area contributed by atoms with E-state index in [1.54, 1.807) is 0 Å². The lowest BCUT2D eigenvalue weighted by Crippen LogP contribution is -2.16. The van der Waals surface area contributed by atoms with Gasteiger partial charge in [0.2, 0.25) is 0 Å². The Labute approximate surface area is 309 Å². The lowest BCUT2D eigenvalue weighted by Gasteiger charge is -2.33. The van der Waals surface area contributed by atoms with Crippen LogP contribution in [-0.2, 0) is 5.41 Å². The van der Waals surface area contributed by atoms with E-state index in [1.807, 2.05) is 11.8 Å². The summed E-state index contributed by atoms with van der Waals surface area (Å²) in [6.07, 6.45) is 0. The summed E-state index contributed by atoms with van der Waals surface area (Å²) < 4.78 is 0. The van der Waals surface area contributed by atoms with E-state index < -0.39 is 0 Å². The van der Waals surface area contributed by atoms with Crippen LogP contribution >= 0.6 is 11.8 Å². The molecule has 1 aliphatic heterocycles. The molecule has 0 bridgehead atoms. The molecule has 8 aromatic rings. The molecule has 0 aromatic heterocycles. The van der Waals surface area contributed by atoms with Crippen LogP contribution in [0.1, 0.15) is 25.0 Å². The third-order valence-corrected chi connectivity index (χ3v) is 11.9. The second-order valence-electron chi connectivity index (χ2n) is 14.2. The Kier molecular flexibility index (Phi) is 7.12. The van der Waals surface area contributed by atoms with Gasteiger partial charge in [0, 0.05) is 37.7 Å². The molecule has 0 radical (unpaired) electrons. The number of benzene rings is 8. The maximum atomic E-state index is 2.43. The highest BCUT2D eigenvalue weighted by atomic mass is 32.2. The maximum Gasteiger partial charge on any atom is 0.0602 e. The minimum absolute atomic E-state index is 0.0860. The number of fused-ring (bicyclic) bond motifs is 6. The van der Waals surface area contributed by atoms with E-state index in [1.165, 1.54) is 76.7 Å². The Bertz CT molecular complexity index is 2640. The van der Waals surface area contributed by atoms with Gasteiger partial charge in [-0.05, 0) is 105 Å². The smallest absolute Gasteiger partial charge is 0.0602 e. The molecule has 1 heterocycles. The van der Waals surface area contributed by atoms with Gasteiger partial charge in [-0.3, -0.25) is 0 Å². The highest BCUT2D eigenvalue weighted by Gasteiger charge is 2.36. The fraction of sp³-hybridized carbons (Fsp3) is 0.0612. The quantitative estimate of drug-likeness (QED) is 0.178. The Hall–Kier alpha value is -6.03. The van der Waals surface area contributed by atoms with Crippen LogP contribution in [0, 0.1) is 0 Å². The summed E-state index contributed by atoms with van der Waals surface area (Å²) in [5, 5.41) is 2.46. The third kappa shape index (κ3) is 4.88. The summed E-state index contributed by atoms with van der Waals surface area (Å²) in [6, 6.07) is 66.6. The van der Waals surface area contributed by atoms with E-state index in [-0.39, 0.29) is 5.41 Å². The molecule has 0 saturated heterocycles. The van der Waals surface area contributed by atoms with Crippen LogP contribution in [0.2, 0.25) is 0 Å². The number of hydrogen-bond acceptors (Lipinski definition) is 3. The first-order valence-corrected chi connectivity index (χ1v) is 18.8. The summed E-state index contributed by atoms with van der Waals surface area (Å²) in [7, 11) is 0. The van der Waals surface area contributed by atoms with Gasteiger partial charge in [-0.1, -0.05) is 141 Å². The summed E-state index contributed by atoms with van der Waals surface area (Å²) in [5.74, 6) is 0. The number of para-hydroxylation sites is 2. The van der Waals surface area contributed by atoms with Crippen molar-refractivity contribution in [3.8, 4) is 22.3 Å². The standard InChI is InChI=1S/C49H36N2S/c1-49(2)42-19-9-8-18-40(42)41-29-28-38(32-43(41)49)50(44-21-12-14-34-13-6-7-17-39(34)44)37-26-23-33(24-27-37)35-25-30-46-48(31-35)52-47-22-11-10-20-45(47)51(46)36-15-4-3-5-16-36/h3-32H,1-2H3. The Balaban J connectivity index is 1.07. The van der Waals surface area contributed by atoms with E-state index in [4.69, 9.17) is 0 Å². The van der Waals surface area contributed by atoms with Gasteiger partial charge >= 0.3 is 0 Å². The summed E-state index contributed by atoms with van der Waals surface area (Å²) in [6.45, 7) is 4.71. The summed E-state index contributed by atoms with van der Waals surface area (Å²) >= 11 is 1.85. The van der Waals surface area contributed by atoms with Crippen molar-refractivity contribution in [1.29, 1.82) is 0 Å². The van der Waals surface area contributed by atoms with Gasteiger partial charge < -0.3 is 9.80 Å². The number of anilines is 6. The minimum atomic E-state index is -0.0860. The van der Waals surface area contributed by atoms with E-state index in [0.29, 0.717) is 0 Å². The van der Waals surface area contributed by atoms with Crippen molar-refractivity contribution >= 4 is 56.7 Å². The summed E-state index contributed by atoms with van der Waals surface area (Å²) in [4.78, 5) is 7.33. The molecule has 0 amide bonds. The van der Waals surface area contributed by atoms with Crippen LogP contribution < -0.4 is 9.80 Å². The molecule has 0 atom stereocenters. The zero-order valence-corrected chi connectivity index (χ0v) is 29.9. The molecule has 8 aromatic carbocycles. The molecule has 3 heteroatoms. The highest BCUT2D eigenvalue weighted by molar-refractivity contribution is 7.99. The molecule has 0 unspecified atom stereocenters. The molecule has 10 rings (SSSR count). The second-order valence-corrected chi connectivity index (χ2v) is 15.3. The van der Waals surface area contributed by atoms with Crippen LogP contribution in [-0.4, -0.2) is 0 Å². The number of hydrogen-bond donors (Lipinski definition) is 0. The van der Waals surface area contributed by atoms with Gasteiger partial charge in [-0.15, -0.1) is 0 Å². The minimum Gasteiger partial charge on any atom is -0.310 e. The summed E-state index contributed by atoms with van der Waals surface area (Å²) in [5.41, 5.74) is 14.8. The van der Waals surface area contributed by atoms with Crippen molar-refractivity contribution in [2.75, 3.05) is 9.80 Å². The lowest BCUT2D eigenvalue weighted by molar-refractivity contribution is 0.660. The van der Waals surface area contributed by atoms with Crippen molar-refractivity contribution in [2.24, 2.45) is 0 Å². The molecular formula is C49H36N2S. The van der Waals surface area contributed by atoms with Crippen molar-refractivity contribution < 1.29 is 0 Å². The predicted octanol–water partition coefficient (Wildman–Crippen LogP) is 14.2. The highest BCUT2D eigenvalue weighted by Crippen LogP contribution is 2.53. The molecule has 2 aliphatic rings. The molecule has 1 aliphatic carbocycles. The van der Waals surface area contributed by atoms with Crippen LogP contribution in [0.5, 0.6) is 0 Å². The van der Waals surface area contributed by atoms with Crippen LogP contribution in [0.25, 0.3) is 33.0 Å². The Morgan fingerprint density at radius 1 is 0.481 bits per heavy atom. The van der Waals surface area contributed by atoms with E-state index in [2.05, 4.69) is 206 Å². The number of rotatable bonds is 5. The zero-order chi connectivity index (χ0) is 34.8. The van der Waals surface area contributed by atoms with Crippen molar-refractivity contribution in [3.05, 3.63) is 193 Å². The fourth-order valence-corrected chi connectivity index (χ4v) is 9.35. The largest absolute Gasteiger partial charge is 0.310 e. The molecule has 52 heavy (non-hydrogen) atoms. The monoisotopic (exact) mass is 684 g/mol. The van der Waals surface area contributed by atoms with Gasteiger partial charge in [0.25, 0.3) is 0 Å².